The average Bonchev–Trinajstić information content (AvgIpc) is 2.98. The number of carbonyl (C=O) groups is 2. The summed E-state index contributed by atoms with van der Waals surface area (Å²) in [6, 6.07) is 21.5. The van der Waals surface area contributed by atoms with E-state index >= 15 is 0 Å². The fourth-order valence-corrected chi connectivity index (χ4v) is 4.97. The van der Waals surface area contributed by atoms with E-state index in [9.17, 15) is 9.59 Å². The molecule has 0 aromatic heterocycles. The Labute approximate surface area is 204 Å². The lowest BCUT2D eigenvalue weighted by atomic mass is 9.81. The van der Waals surface area contributed by atoms with Gasteiger partial charge < -0.3 is 10.1 Å². The van der Waals surface area contributed by atoms with Crippen LogP contribution in [0.25, 0.3) is 0 Å². The van der Waals surface area contributed by atoms with Crippen molar-refractivity contribution in [2.75, 3.05) is 17.3 Å². The van der Waals surface area contributed by atoms with Gasteiger partial charge in [0, 0.05) is 28.3 Å². The van der Waals surface area contributed by atoms with Crippen LogP contribution in [0.15, 0.2) is 84.1 Å². The largest absolute Gasteiger partial charge is 0.497 e. The van der Waals surface area contributed by atoms with Crippen molar-refractivity contribution in [3.63, 3.8) is 0 Å². The van der Waals surface area contributed by atoms with E-state index in [1.165, 1.54) is 0 Å². The quantitative estimate of drug-likeness (QED) is 0.478. The maximum Gasteiger partial charge on any atom is 0.259 e. The van der Waals surface area contributed by atoms with Crippen molar-refractivity contribution in [3.8, 4) is 5.75 Å². The molecule has 1 heterocycles. The maximum atomic E-state index is 14.1. The van der Waals surface area contributed by atoms with Crippen LogP contribution >= 0.6 is 11.6 Å². The maximum absolute atomic E-state index is 14.1. The van der Waals surface area contributed by atoms with Gasteiger partial charge in [0.2, 0.25) is 0 Å². The van der Waals surface area contributed by atoms with Crippen LogP contribution < -0.4 is 15.0 Å². The van der Waals surface area contributed by atoms with Crippen molar-refractivity contribution in [2.24, 2.45) is 5.92 Å². The average molecular weight is 473 g/mol. The zero-order valence-corrected chi connectivity index (χ0v) is 19.8. The Hall–Kier alpha value is -3.57. The molecule has 1 amide bonds. The Bertz CT molecular complexity index is 1280. The summed E-state index contributed by atoms with van der Waals surface area (Å²) in [5.74, 6) is 0.793. The molecule has 0 bridgehead atoms. The van der Waals surface area contributed by atoms with Crippen LogP contribution in [-0.4, -0.2) is 18.8 Å². The number of hydrogen-bond donors (Lipinski definition) is 1. The molecule has 3 aromatic rings. The predicted octanol–water partition coefficient (Wildman–Crippen LogP) is 6.42. The Morgan fingerprint density at radius 3 is 2.41 bits per heavy atom. The minimum atomic E-state index is -0.583. The van der Waals surface area contributed by atoms with Crippen LogP contribution in [0.3, 0.4) is 0 Å². The van der Waals surface area contributed by atoms with Crippen LogP contribution in [0, 0.1) is 5.92 Å². The van der Waals surface area contributed by atoms with E-state index in [-0.39, 0.29) is 17.6 Å². The molecule has 2 unspecified atom stereocenters. The fraction of sp³-hybridized carbons (Fsp3) is 0.214. The Balaban J connectivity index is 1.76. The molecule has 1 aliphatic heterocycles. The van der Waals surface area contributed by atoms with Gasteiger partial charge in [-0.1, -0.05) is 42.8 Å². The molecule has 5 nitrogen and oxygen atoms in total. The number of allylic oxidation sites excluding steroid dienone is 1. The van der Waals surface area contributed by atoms with Gasteiger partial charge in [-0.05, 0) is 66.4 Å². The van der Waals surface area contributed by atoms with Crippen LogP contribution in [0.1, 0.15) is 41.7 Å². The summed E-state index contributed by atoms with van der Waals surface area (Å²) in [6.07, 6.45) is 1.19. The van der Waals surface area contributed by atoms with Gasteiger partial charge in [0.1, 0.15) is 5.75 Å². The number of amides is 1. The Morgan fingerprint density at radius 2 is 1.71 bits per heavy atom. The predicted molar refractivity (Wildman–Crippen MR) is 134 cm³/mol. The number of ether oxygens (including phenoxy) is 1. The number of Topliss-reactive ketones (excluding diaryl/α,β-unsaturated/α-hetero) is 1. The van der Waals surface area contributed by atoms with Crippen LogP contribution in [0.5, 0.6) is 5.75 Å². The number of carbonyl (C=O) groups excluding carboxylic acids is 2. The van der Waals surface area contributed by atoms with E-state index < -0.39 is 6.04 Å². The van der Waals surface area contributed by atoms with Crippen molar-refractivity contribution >= 4 is 34.7 Å². The molecule has 1 aliphatic carbocycles. The summed E-state index contributed by atoms with van der Waals surface area (Å²) >= 11 is 6.09. The summed E-state index contributed by atoms with van der Waals surface area (Å²) in [7, 11) is 1.61. The normalized spacial score (nSPS) is 19.6. The van der Waals surface area contributed by atoms with Crippen LogP contribution in [-0.2, 0) is 4.79 Å². The molecule has 0 fully saturated rings. The van der Waals surface area contributed by atoms with Gasteiger partial charge in [-0.15, -0.1) is 0 Å². The Kier molecular flexibility index (Phi) is 5.88. The fourth-order valence-electron chi connectivity index (χ4n) is 4.84. The molecule has 172 valence electrons. The highest BCUT2D eigenvalue weighted by molar-refractivity contribution is 6.30. The minimum Gasteiger partial charge on any atom is -0.497 e. The lowest BCUT2D eigenvalue weighted by Crippen LogP contribution is -2.38. The lowest BCUT2D eigenvalue weighted by Gasteiger charge is -2.34. The zero-order chi connectivity index (χ0) is 23.8. The SMILES string of the molecule is COc1ccc(C2C3=C(CC(C)CC3=O)Nc3ccccc3N2C(=O)c2ccc(Cl)cc2)cc1. The number of nitrogens with zero attached hydrogens (tertiary/aromatic N) is 1. The van der Waals surface area contributed by atoms with Gasteiger partial charge in [0.15, 0.2) is 5.78 Å². The van der Waals surface area contributed by atoms with Crippen LogP contribution in [0.4, 0.5) is 11.4 Å². The second-order valence-corrected chi connectivity index (χ2v) is 9.27. The number of benzene rings is 3. The first-order valence-electron chi connectivity index (χ1n) is 11.3. The molecule has 0 spiro atoms. The molecule has 6 heteroatoms. The third kappa shape index (κ3) is 3.97. The lowest BCUT2D eigenvalue weighted by molar-refractivity contribution is -0.117. The standard InChI is InChI=1S/C28H25ClN2O3/c1-17-15-23-26(25(32)16-17)27(18-9-13-21(34-2)14-10-18)31(24-6-4-3-5-22(24)30-23)28(33)19-7-11-20(29)12-8-19/h3-14,17,27,30H,15-16H2,1-2H3. The van der Waals surface area contributed by atoms with Gasteiger partial charge in [-0.3, -0.25) is 14.5 Å². The van der Waals surface area contributed by atoms with Crippen LogP contribution in [0.2, 0.25) is 5.02 Å². The topological polar surface area (TPSA) is 58.6 Å². The number of ketones is 1. The number of hydrogen-bond acceptors (Lipinski definition) is 4. The third-order valence-electron chi connectivity index (χ3n) is 6.43. The Morgan fingerprint density at radius 1 is 1.00 bits per heavy atom. The second kappa shape index (κ2) is 8.99. The number of nitrogens with one attached hydrogen (secondary N) is 1. The highest BCUT2D eigenvalue weighted by atomic mass is 35.5. The van der Waals surface area contributed by atoms with Gasteiger partial charge in [0.25, 0.3) is 5.91 Å². The number of rotatable bonds is 3. The highest BCUT2D eigenvalue weighted by Gasteiger charge is 2.40. The van der Waals surface area contributed by atoms with Crippen molar-refractivity contribution in [2.45, 2.75) is 25.8 Å². The van der Waals surface area contributed by atoms with Crippen molar-refractivity contribution in [1.82, 2.24) is 0 Å². The summed E-state index contributed by atoms with van der Waals surface area (Å²) in [5, 5.41) is 4.07. The molecule has 2 atom stereocenters. The summed E-state index contributed by atoms with van der Waals surface area (Å²) < 4.78 is 5.35. The smallest absolute Gasteiger partial charge is 0.259 e. The summed E-state index contributed by atoms with van der Waals surface area (Å²) in [6.45, 7) is 2.08. The van der Waals surface area contributed by atoms with E-state index in [2.05, 4.69) is 12.2 Å². The molecular weight excluding hydrogens is 448 g/mol. The zero-order valence-electron chi connectivity index (χ0n) is 19.0. The number of methoxy groups -OCH3 is 1. The van der Waals surface area contributed by atoms with E-state index in [4.69, 9.17) is 16.3 Å². The van der Waals surface area contributed by atoms with Gasteiger partial charge in [0.05, 0.1) is 24.5 Å². The number of para-hydroxylation sites is 2. The molecule has 0 saturated carbocycles. The molecule has 1 N–H and O–H groups in total. The highest BCUT2D eigenvalue weighted by Crippen LogP contribution is 2.46. The number of halogens is 1. The number of fused-ring (bicyclic) bond motifs is 1. The van der Waals surface area contributed by atoms with E-state index in [1.807, 2.05) is 48.5 Å². The number of anilines is 2. The third-order valence-corrected chi connectivity index (χ3v) is 6.69. The first kappa shape index (κ1) is 22.2. The second-order valence-electron chi connectivity index (χ2n) is 8.83. The van der Waals surface area contributed by atoms with Crippen molar-refractivity contribution in [1.29, 1.82) is 0 Å². The molecule has 2 aliphatic rings. The van der Waals surface area contributed by atoms with E-state index in [1.54, 1.807) is 36.3 Å². The molecule has 5 rings (SSSR count). The molecule has 0 saturated heterocycles. The summed E-state index contributed by atoms with van der Waals surface area (Å²) in [5.41, 5.74) is 4.38. The first-order valence-corrected chi connectivity index (χ1v) is 11.7. The molecular formula is C28H25ClN2O3. The molecule has 34 heavy (non-hydrogen) atoms. The van der Waals surface area contributed by atoms with Gasteiger partial charge >= 0.3 is 0 Å². The van der Waals surface area contributed by atoms with Gasteiger partial charge in [-0.2, -0.15) is 0 Å². The summed E-state index contributed by atoms with van der Waals surface area (Å²) in [4.78, 5) is 29.3. The van der Waals surface area contributed by atoms with Crippen molar-refractivity contribution < 1.29 is 14.3 Å². The monoisotopic (exact) mass is 472 g/mol. The molecule has 0 radical (unpaired) electrons. The van der Waals surface area contributed by atoms with E-state index in [0.717, 1.165) is 29.1 Å². The first-order chi connectivity index (χ1) is 16.5. The van der Waals surface area contributed by atoms with E-state index in [0.29, 0.717) is 28.3 Å². The minimum absolute atomic E-state index is 0.0591. The molecule has 3 aromatic carbocycles. The van der Waals surface area contributed by atoms with Gasteiger partial charge in [-0.25, -0.2) is 0 Å². The van der Waals surface area contributed by atoms with Crippen molar-refractivity contribution in [3.05, 3.63) is 100 Å².